The largest absolute Gasteiger partial charge is 0.491 e. The Bertz CT molecular complexity index is 381. The van der Waals surface area contributed by atoms with Crippen LogP contribution < -0.4 is 10.1 Å². The smallest absolute Gasteiger partial charge is 0.119 e. The van der Waals surface area contributed by atoms with Gasteiger partial charge in [0.15, 0.2) is 0 Å². The molecular weight excluding hydrogens is 254 g/mol. The second-order valence-corrected chi connectivity index (χ2v) is 5.66. The maximum absolute atomic E-state index is 9.47. The minimum Gasteiger partial charge on any atom is -0.491 e. The molecule has 0 aromatic heterocycles. The number of hydrogen-bond donors (Lipinski definition) is 2. The van der Waals surface area contributed by atoms with E-state index in [9.17, 15) is 5.11 Å². The summed E-state index contributed by atoms with van der Waals surface area (Å²) < 4.78 is 11.1. The monoisotopic (exact) mass is 279 g/mol. The highest BCUT2D eigenvalue weighted by molar-refractivity contribution is 5.20. The number of ether oxygens (including phenoxy) is 2. The molecule has 0 bridgehead atoms. The van der Waals surface area contributed by atoms with Crippen LogP contribution in [0.4, 0.5) is 0 Å². The molecule has 2 N–H and O–H groups in total. The van der Waals surface area contributed by atoms with Crippen LogP contribution >= 0.6 is 0 Å². The van der Waals surface area contributed by atoms with E-state index in [0.29, 0.717) is 25.9 Å². The molecule has 1 atom stereocenters. The van der Waals surface area contributed by atoms with Crippen LogP contribution in [-0.2, 0) is 4.74 Å². The van der Waals surface area contributed by atoms with Crippen molar-refractivity contribution in [3.63, 3.8) is 0 Å². The predicted octanol–water partition coefficient (Wildman–Crippen LogP) is 1.98. The molecule has 4 nitrogen and oxygen atoms in total. The Morgan fingerprint density at radius 2 is 1.95 bits per heavy atom. The highest BCUT2D eigenvalue weighted by Crippen LogP contribution is 2.23. The van der Waals surface area contributed by atoms with Gasteiger partial charge in [-0.2, -0.15) is 0 Å². The lowest BCUT2D eigenvalue weighted by Gasteiger charge is -2.28. The molecule has 1 fully saturated rings. The molecule has 1 aliphatic carbocycles. The fourth-order valence-corrected chi connectivity index (χ4v) is 2.05. The van der Waals surface area contributed by atoms with E-state index in [0.717, 1.165) is 12.2 Å². The average molecular weight is 279 g/mol. The maximum atomic E-state index is 9.47. The highest BCUT2D eigenvalue weighted by Gasteiger charge is 2.31. The number of para-hydroxylation sites is 1. The van der Waals surface area contributed by atoms with Crippen LogP contribution in [-0.4, -0.2) is 43.1 Å². The quantitative estimate of drug-likeness (QED) is 0.643. The van der Waals surface area contributed by atoms with Gasteiger partial charge in [0.25, 0.3) is 0 Å². The van der Waals surface area contributed by atoms with Crippen LogP contribution in [0.2, 0.25) is 0 Å². The summed E-state index contributed by atoms with van der Waals surface area (Å²) in [6.45, 7) is 3.95. The second-order valence-electron chi connectivity index (χ2n) is 5.66. The van der Waals surface area contributed by atoms with E-state index >= 15 is 0 Å². The third-order valence-electron chi connectivity index (χ3n) is 3.52. The van der Waals surface area contributed by atoms with Crippen molar-refractivity contribution < 1.29 is 14.6 Å². The lowest BCUT2D eigenvalue weighted by molar-refractivity contribution is 0.0684. The predicted molar refractivity (Wildman–Crippen MR) is 79.0 cm³/mol. The van der Waals surface area contributed by atoms with Gasteiger partial charge in [-0.1, -0.05) is 18.2 Å². The lowest BCUT2D eigenvalue weighted by Crippen LogP contribution is -2.47. The Morgan fingerprint density at radius 3 is 2.60 bits per heavy atom. The molecule has 0 spiro atoms. The Morgan fingerprint density at radius 1 is 1.20 bits per heavy atom. The van der Waals surface area contributed by atoms with E-state index in [4.69, 9.17) is 9.47 Å². The zero-order valence-corrected chi connectivity index (χ0v) is 12.2. The molecule has 4 heteroatoms. The Kier molecular flexibility index (Phi) is 5.83. The first-order chi connectivity index (χ1) is 9.72. The van der Waals surface area contributed by atoms with Gasteiger partial charge in [-0.15, -0.1) is 0 Å². The van der Waals surface area contributed by atoms with Gasteiger partial charge in [0.2, 0.25) is 0 Å². The van der Waals surface area contributed by atoms with Crippen LogP contribution in [0.25, 0.3) is 0 Å². The van der Waals surface area contributed by atoms with Crippen LogP contribution in [0.15, 0.2) is 30.3 Å². The molecule has 112 valence electrons. The van der Waals surface area contributed by atoms with Crippen molar-refractivity contribution in [2.45, 2.75) is 37.8 Å². The number of aliphatic hydroxyl groups excluding tert-OH is 1. The van der Waals surface area contributed by atoms with E-state index < -0.39 is 0 Å². The SMILES string of the molecule is CC(CO)(CCOCCOc1ccccc1)NC1CC1. The molecular formula is C16H25NO3. The molecule has 1 unspecified atom stereocenters. The van der Waals surface area contributed by atoms with Crippen LogP contribution in [0.5, 0.6) is 5.75 Å². The van der Waals surface area contributed by atoms with Gasteiger partial charge in [-0.05, 0) is 38.3 Å². The number of nitrogens with one attached hydrogen (secondary N) is 1. The molecule has 20 heavy (non-hydrogen) atoms. The molecule has 1 aromatic carbocycles. The van der Waals surface area contributed by atoms with Crippen molar-refractivity contribution >= 4 is 0 Å². The Hall–Kier alpha value is -1.10. The lowest BCUT2D eigenvalue weighted by atomic mass is 9.99. The summed E-state index contributed by atoms with van der Waals surface area (Å²) in [5.74, 6) is 0.867. The zero-order chi connectivity index (χ0) is 14.3. The van der Waals surface area contributed by atoms with Gasteiger partial charge in [0.05, 0.1) is 13.2 Å². The first-order valence-corrected chi connectivity index (χ1v) is 7.36. The number of rotatable bonds is 10. The fourth-order valence-electron chi connectivity index (χ4n) is 2.05. The van der Waals surface area contributed by atoms with Crippen molar-refractivity contribution in [1.82, 2.24) is 5.32 Å². The summed E-state index contributed by atoms with van der Waals surface area (Å²) in [4.78, 5) is 0. The van der Waals surface area contributed by atoms with Gasteiger partial charge in [-0.3, -0.25) is 0 Å². The Labute approximate surface area is 121 Å². The molecule has 1 aliphatic rings. The fraction of sp³-hybridized carbons (Fsp3) is 0.625. The standard InChI is InChI=1S/C16H25NO3/c1-16(13-18,17-14-7-8-14)9-10-19-11-12-20-15-5-3-2-4-6-15/h2-6,14,17-18H,7-13H2,1H3. The van der Waals surface area contributed by atoms with E-state index in [1.165, 1.54) is 12.8 Å². The zero-order valence-electron chi connectivity index (χ0n) is 12.2. The van der Waals surface area contributed by atoms with Crippen molar-refractivity contribution in [1.29, 1.82) is 0 Å². The van der Waals surface area contributed by atoms with E-state index in [-0.39, 0.29) is 12.1 Å². The van der Waals surface area contributed by atoms with Crippen LogP contribution in [0.3, 0.4) is 0 Å². The summed E-state index contributed by atoms with van der Waals surface area (Å²) in [6, 6.07) is 10.3. The van der Waals surface area contributed by atoms with Crippen LogP contribution in [0, 0.1) is 0 Å². The third-order valence-corrected chi connectivity index (χ3v) is 3.52. The van der Waals surface area contributed by atoms with E-state index in [1.807, 2.05) is 30.3 Å². The third kappa shape index (κ3) is 5.49. The molecule has 0 saturated heterocycles. The second kappa shape index (κ2) is 7.62. The van der Waals surface area contributed by atoms with Crippen molar-refractivity contribution in [2.75, 3.05) is 26.4 Å². The summed E-state index contributed by atoms with van der Waals surface area (Å²) in [7, 11) is 0. The van der Waals surface area contributed by atoms with Crippen LogP contribution in [0.1, 0.15) is 26.2 Å². The molecule has 2 rings (SSSR count). The topological polar surface area (TPSA) is 50.7 Å². The highest BCUT2D eigenvalue weighted by atomic mass is 16.5. The van der Waals surface area contributed by atoms with Crippen molar-refractivity contribution in [3.8, 4) is 5.75 Å². The molecule has 0 radical (unpaired) electrons. The summed E-state index contributed by atoms with van der Waals surface area (Å²) >= 11 is 0. The van der Waals surface area contributed by atoms with Gasteiger partial charge in [-0.25, -0.2) is 0 Å². The number of hydrogen-bond acceptors (Lipinski definition) is 4. The molecule has 0 heterocycles. The van der Waals surface area contributed by atoms with E-state index in [2.05, 4.69) is 12.2 Å². The molecule has 0 amide bonds. The molecule has 0 aliphatic heterocycles. The maximum Gasteiger partial charge on any atom is 0.119 e. The summed E-state index contributed by atoms with van der Waals surface area (Å²) in [6.07, 6.45) is 3.26. The van der Waals surface area contributed by atoms with Crippen molar-refractivity contribution in [3.05, 3.63) is 30.3 Å². The average Bonchev–Trinajstić information content (AvgIpc) is 3.27. The van der Waals surface area contributed by atoms with E-state index in [1.54, 1.807) is 0 Å². The Balaban J connectivity index is 1.54. The first-order valence-electron chi connectivity index (χ1n) is 7.36. The van der Waals surface area contributed by atoms with Gasteiger partial charge < -0.3 is 19.9 Å². The minimum atomic E-state index is -0.221. The van der Waals surface area contributed by atoms with Gasteiger partial charge in [0, 0.05) is 18.2 Å². The van der Waals surface area contributed by atoms with Gasteiger partial charge in [0.1, 0.15) is 12.4 Å². The first kappa shape index (κ1) is 15.3. The summed E-state index contributed by atoms with van der Waals surface area (Å²) in [5.41, 5.74) is -0.221. The number of benzene rings is 1. The molecule has 1 aromatic rings. The summed E-state index contributed by atoms with van der Waals surface area (Å²) in [5, 5.41) is 12.9. The number of aliphatic hydroxyl groups is 1. The van der Waals surface area contributed by atoms with Crippen molar-refractivity contribution in [2.24, 2.45) is 0 Å². The minimum absolute atomic E-state index is 0.146. The van der Waals surface area contributed by atoms with Gasteiger partial charge >= 0.3 is 0 Å². The molecule has 1 saturated carbocycles. The normalized spacial score (nSPS) is 17.7.